The van der Waals surface area contributed by atoms with Gasteiger partial charge in [-0.15, -0.1) is 0 Å². The van der Waals surface area contributed by atoms with Crippen LogP contribution in [0.2, 0.25) is 0 Å². The fourth-order valence-corrected chi connectivity index (χ4v) is 2.69. The van der Waals surface area contributed by atoms with Crippen LogP contribution in [0.1, 0.15) is 11.1 Å². The van der Waals surface area contributed by atoms with Gasteiger partial charge >= 0.3 is 12.4 Å². The summed E-state index contributed by atoms with van der Waals surface area (Å²) in [7, 11) is 0. The van der Waals surface area contributed by atoms with Gasteiger partial charge in [0.25, 0.3) is 0 Å². The van der Waals surface area contributed by atoms with Crippen molar-refractivity contribution in [1.29, 1.82) is 0 Å². The minimum Gasteiger partial charge on any atom is -0.204 e. The van der Waals surface area contributed by atoms with E-state index in [1.165, 1.54) is 0 Å². The Morgan fingerprint density at radius 2 is 0.667 bits per heavy atom. The fourth-order valence-electron chi connectivity index (χ4n) is 2.69. The molecule has 0 saturated heterocycles. The molecule has 0 heterocycles. The number of halogens is 15. The molecule has 166 valence electrons. The van der Waals surface area contributed by atoms with Crippen LogP contribution in [0.25, 0.3) is 0 Å². The summed E-state index contributed by atoms with van der Waals surface area (Å²) in [5, 5.41) is 0. The van der Waals surface area contributed by atoms with Gasteiger partial charge < -0.3 is 0 Å². The van der Waals surface area contributed by atoms with E-state index in [4.69, 9.17) is 0 Å². The zero-order chi connectivity index (χ0) is 23.6. The van der Waals surface area contributed by atoms with E-state index in [0.29, 0.717) is 0 Å². The molecule has 0 aliphatic carbocycles. The second-order valence-electron chi connectivity index (χ2n) is 5.53. The van der Waals surface area contributed by atoms with Crippen LogP contribution < -0.4 is 0 Å². The van der Waals surface area contributed by atoms with Gasteiger partial charge in [0.15, 0.2) is 46.5 Å². The third-order valence-corrected chi connectivity index (χ3v) is 3.92. The molecular weight excluding hydrogens is 465 g/mol. The summed E-state index contributed by atoms with van der Waals surface area (Å²) in [6.07, 6.45) is -14.7. The fraction of sp³-hybridized carbons (Fsp3) is 0.200. The molecule has 30 heavy (non-hydrogen) atoms. The molecule has 0 fully saturated rings. The molecule has 2 rings (SSSR count). The van der Waals surface area contributed by atoms with Crippen molar-refractivity contribution in [2.24, 2.45) is 0 Å². The zero-order valence-corrected chi connectivity index (χ0v) is 13.2. The van der Waals surface area contributed by atoms with Crippen molar-refractivity contribution in [1.82, 2.24) is 0 Å². The quantitative estimate of drug-likeness (QED) is 0.275. The topological polar surface area (TPSA) is 0 Å². The SMILES string of the molecule is Fc1cc(F)c(F)c(C(c2c(F)c(F)c(F)c(F)c2F)(C(F)(F)F)C(F)(F)F)c1F. The van der Waals surface area contributed by atoms with E-state index in [1.54, 1.807) is 0 Å². The lowest BCUT2D eigenvalue weighted by molar-refractivity contribution is -0.291. The molecule has 0 N–H and O–H groups in total. The van der Waals surface area contributed by atoms with Gasteiger partial charge in [0.1, 0.15) is 0 Å². The van der Waals surface area contributed by atoms with Crippen LogP contribution in [-0.4, -0.2) is 12.4 Å². The van der Waals surface area contributed by atoms with E-state index >= 15 is 0 Å². The van der Waals surface area contributed by atoms with Crippen molar-refractivity contribution in [3.63, 3.8) is 0 Å². The van der Waals surface area contributed by atoms with Gasteiger partial charge in [0.2, 0.25) is 11.2 Å². The van der Waals surface area contributed by atoms with Crippen molar-refractivity contribution in [3.05, 3.63) is 69.5 Å². The van der Waals surface area contributed by atoms with E-state index in [9.17, 15) is 65.9 Å². The Bertz CT molecular complexity index is 945. The molecular formula is C15HF15. The van der Waals surface area contributed by atoms with E-state index in [-0.39, 0.29) is 0 Å². The minimum absolute atomic E-state index is 0.843. The highest BCUT2D eigenvalue weighted by Crippen LogP contribution is 2.59. The molecule has 0 nitrogen and oxygen atoms in total. The monoisotopic (exact) mass is 466 g/mol. The molecule has 2 aromatic rings. The van der Waals surface area contributed by atoms with Crippen LogP contribution in [-0.2, 0) is 5.41 Å². The van der Waals surface area contributed by atoms with Gasteiger partial charge in [-0.2, -0.15) is 26.3 Å². The van der Waals surface area contributed by atoms with Crippen molar-refractivity contribution in [2.45, 2.75) is 17.8 Å². The summed E-state index contributed by atoms with van der Waals surface area (Å²) in [6, 6.07) is -0.843. The van der Waals surface area contributed by atoms with Crippen molar-refractivity contribution >= 4 is 0 Å². The third kappa shape index (κ3) is 2.96. The highest BCUT2D eigenvalue weighted by molar-refractivity contribution is 5.48. The maximum absolute atomic E-state index is 14.0. The van der Waals surface area contributed by atoms with Crippen LogP contribution in [0.3, 0.4) is 0 Å². The first-order valence-electron chi connectivity index (χ1n) is 6.91. The first kappa shape index (κ1) is 23.7. The van der Waals surface area contributed by atoms with Crippen LogP contribution in [0.4, 0.5) is 65.9 Å². The van der Waals surface area contributed by atoms with Crippen molar-refractivity contribution < 1.29 is 65.9 Å². The average Bonchev–Trinajstić information content (AvgIpc) is 2.59. The Kier molecular flexibility index (Phi) is 5.50. The minimum atomic E-state index is -7.34. The molecule has 0 radical (unpaired) electrons. The van der Waals surface area contributed by atoms with E-state index in [2.05, 4.69) is 0 Å². The number of alkyl halides is 6. The van der Waals surface area contributed by atoms with E-state index < -0.39 is 87.3 Å². The zero-order valence-electron chi connectivity index (χ0n) is 13.2. The summed E-state index contributed by atoms with van der Waals surface area (Å²) >= 11 is 0. The van der Waals surface area contributed by atoms with Crippen LogP contribution in [0, 0.1) is 52.4 Å². The molecule has 0 aromatic heterocycles. The Balaban J connectivity index is 3.38. The molecule has 0 spiro atoms. The lowest BCUT2D eigenvalue weighted by Crippen LogP contribution is -2.57. The first-order valence-corrected chi connectivity index (χ1v) is 6.91. The van der Waals surface area contributed by atoms with Crippen molar-refractivity contribution in [2.75, 3.05) is 0 Å². The highest BCUT2D eigenvalue weighted by atomic mass is 19.4. The molecule has 0 bridgehead atoms. The summed E-state index contributed by atoms with van der Waals surface area (Å²) in [6.45, 7) is 0. The Morgan fingerprint density at radius 1 is 0.400 bits per heavy atom. The Labute approximate surface area is 154 Å². The maximum atomic E-state index is 14.0. The lowest BCUT2D eigenvalue weighted by atomic mass is 9.71. The Hall–Kier alpha value is -2.61. The number of rotatable bonds is 2. The standard InChI is InChI=1S/C15HF15/c16-2-1-3(17)7(19)4(6(2)18)13(14(25,26)27,15(28,29)30)5-8(20)10(22)12(24)11(23)9(5)21/h1H. The van der Waals surface area contributed by atoms with E-state index in [0.717, 1.165) is 0 Å². The molecule has 0 aliphatic heterocycles. The summed E-state index contributed by atoms with van der Waals surface area (Å²) in [5.41, 5.74) is -14.3. The smallest absolute Gasteiger partial charge is 0.204 e. The van der Waals surface area contributed by atoms with Crippen LogP contribution in [0.5, 0.6) is 0 Å². The molecule has 0 unspecified atom stereocenters. The normalized spacial score (nSPS) is 13.2. The van der Waals surface area contributed by atoms with Gasteiger partial charge in [0.05, 0.1) is 11.1 Å². The molecule has 15 heteroatoms. The maximum Gasteiger partial charge on any atom is 0.411 e. The summed E-state index contributed by atoms with van der Waals surface area (Å²) in [4.78, 5) is 0. The van der Waals surface area contributed by atoms with E-state index in [1.807, 2.05) is 0 Å². The van der Waals surface area contributed by atoms with Gasteiger partial charge in [-0.25, -0.2) is 39.5 Å². The molecule has 0 atom stereocenters. The van der Waals surface area contributed by atoms with Crippen LogP contribution in [0.15, 0.2) is 6.07 Å². The second-order valence-corrected chi connectivity index (χ2v) is 5.53. The molecule has 0 aliphatic rings. The average molecular weight is 466 g/mol. The lowest BCUT2D eigenvalue weighted by Gasteiger charge is -2.38. The second kappa shape index (κ2) is 6.97. The third-order valence-electron chi connectivity index (χ3n) is 3.92. The Morgan fingerprint density at radius 3 is 0.967 bits per heavy atom. The van der Waals surface area contributed by atoms with Crippen LogP contribution >= 0.6 is 0 Å². The summed E-state index contributed by atoms with van der Waals surface area (Å²) in [5.74, 6) is -30.1. The largest absolute Gasteiger partial charge is 0.411 e. The number of hydrogen-bond acceptors (Lipinski definition) is 0. The number of hydrogen-bond donors (Lipinski definition) is 0. The summed E-state index contributed by atoms with van der Waals surface area (Å²) < 4.78 is 204. The predicted octanol–water partition coefficient (Wildman–Crippen LogP) is 6.35. The van der Waals surface area contributed by atoms with Gasteiger partial charge in [-0.05, 0) is 0 Å². The van der Waals surface area contributed by atoms with Gasteiger partial charge in [0, 0.05) is 6.07 Å². The first-order chi connectivity index (χ1) is 13.4. The molecule has 0 saturated carbocycles. The highest BCUT2D eigenvalue weighted by Gasteiger charge is 2.77. The number of benzene rings is 2. The van der Waals surface area contributed by atoms with Gasteiger partial charge in [-0.1, -0.05) is 0 Å². The predicted molar refractivity (Wildman–Crippen MR) is 65.4 cm³/mol. The molecule has 0 amide bonds. The molecule has 2 aromatic carbocycles. The van der Waals surface area contributed by atoms with Gasteiger partial charge in [-0.3, -0.25) is 0 Å². The van der Waals surface area contributed by atoms with Crippen molar-refractivity contribution in [3.8, 4) is 0 Å².